The van der Waals surface area contributed by atoms with Gasteiger partial charge in [-0.25, -0.2) is 0 Å². The van der Waals surface area contributed by atoms with E-state index in [-0.39, 0.29) is 55.9 Å². The summed E-state index contributed by atoms with van der Waals surface area (Å²) in [4.78, 5) is 0. The van der Waals surface area contributed by atoms with Crippen LogP contribution >= 0.6 is 9.90 Å². The molecule has 58 valence electrons. The predicted molar refractivity (Wildman–Crippen MR) is 53.6 cm³/mol. The van der Waals surface area contributed by atoms with Gasteiger partial charge < -0.3 is 0 Å². The zero-order valence-electron chi connectivity index (χ0n) is 0.707. The van der Waals surface area contributed by atoms with Crippen LogP contribution in [0.4, 0.5) is 0 Å². The van der Waals surface area contributed by atoms with Crippen molar-refractivity contribution in [3.8, 4) is 0 Å². The van der Waals surface area contributed by atoms with Crippen LogP contribution in [-0.4, -0.2) is 0 Å². The van der Waals surface area contributed by atoms with Gasteiger partial charge in [-0.2, -0.15) is 9.90 Å². The Labute approximate surface area is 56.8 Å². The Hall–Kier alpha value is 0.430. The van der Waals surface area contributed by atoms with Gasteiger partial charge in [0.2, 0.25) is 0 Å². The highest BCUT2D eigenvalue weighted by Crippen LogP contribution is 0.861. The fraction of sp³-hybridized carbons (Fsp3) is 1.00. The molecule has 0 aliphatic carbocycles. The zero-order chi connectivity index (χ0) is 0. The maximum Gasteiger partial charge on any atom is 0 e. The van der Waals surface area contributed by atoms with Crippen molar-refractivity contribution in [2.75, 3.05) is 0 Å². The Balaban J connectivity index is 0. The van der Waals surface area contributed by atoms with Crippen LogP contribution in [-0.2, 0) is 0 Å². The summed E-state index contributed by atoms with van der Waals surface area (Å²) in [6.07, 6.45) is 0. The first kappa shape index (κ1) is 1660. The summed E-state index contributed by atoms with van der Waals surface area (Å²) < 4.78 is 0. The van der Waals surface area contributed by atoms with E-state index in [0.717, 1.165) is 0 Å². The molecule has 0 saturated carbocycles. The molecule has 0 aliphatic rings. The van der Waals surface area contributed by atoms with E-state index in [1.165, 1.54) is 0 Å². The molecule has 0 spiro atoms. The van der Waals surface area contributed by atoms with Crippen molar-refractivity contribution in [1.82, 2.24) is 0 Å². The second-order valence-corrected chi connectivity index (χ2v) is 0. The van der Waals surface area contributed by atoms with Crippen LogP contribution in [0.5, 0.6) is 0 Å². The fourth-order valence-electron chi connectivity index (χ4n) is 0. The van der Waals surface area contributed by atoms with E-state index in [1.54, 1.807) is 0 Å². The summed E-state index contributed by atoms with van der Waals surface area (Å²) >= 11 is 0. The summed E-state index contributed by atoms with van der Waals surface area (Å²) in [6, 6.07) is 0. The van der Waals surface area contributed by atoms with Crippen LogP contribution in [0.1, 0.15) is 46.0 Å². The molecular formula is C6H29P. The SMILES string of the molecule is C.C.C.C.C.C.P.[3HH]. The topological polar surface area (TPSA) is 0 Å². The number of rotatable bonds is 0. The maximum atomic E-state index is 0. The highest BCUT2D eigenvalue weighted by molar-refractivity contribution is 6.92. The van der Waals surface area contributed by atoms with Crippen molar-refractivity contribution in [3.63, 3.8) is 0 Å². The molecule has 1 heteroatoms. The van der Waals surface area contributed by atoms with Crippen molar-refractivity contribution in [3.05, 3.63) is 0 Å². The monoisotopic (exact) mass is 134 g/mol. The zero-order valence-corrected chi connectivity index (χ0v) is 2.12. The van der Waals surface area contributed by atoms with E-state index < -0.39 is 0 Å². The lowest BCUT2D eigenvalue weighted by atomic mass is 12.0. The van der Waals surface area contributed by atoms with Gasteiger partial charge in [0.1, 0.15) is 0 Å². The third-order valence-corrected chi connectivity index (χ3v) is 0. The summed E-state index contributed by atoms with van der Waals surface area (Å²) in [6.45, 7) is 0. The molecular weight excluding hydrogens is 103 g/mol. The van der Waals surface area contributed by atoms with Crippen molar-refractivity contribution in [1.29, 1.82) is 0 Å². The largest absolute Gasteiger partial charge is 0.153 e. The van der Waals surface area contributed by atoms with Gasteiger partial charge in [-0.05, 0) is 0 Å². The molecule has 1 unspecified atom stereocenters. The molecule has 0 radical (unpaired) electrons. The van der Waals surface area contributed by atoms with Crippen molar-refractivity contribution in [2.45, 2.75) is 44.6 Å². The van der Waals surface area contributed by atoms with Gasteiger partial charge in [0.05, 0.1) is 0 Å². The van der Waals surface area contributed by atoms with Gasteiger partial charge >= 0.3 is 0 Å². The van der Waals surface area contributed by atoms with E-state index in [2.05, 4.69) is 0 Å². The first-order valence-electron chi connectivity index (χ1n) is 0. The Morgan fingerprint density at radius 3 is 0.429 bits per heavy atom. The molecule has 7 heavy (non-hydrogen) atoms. The molecule has 0 bridgehead atoms. The molecule has 0 aromatic carbocycles. The second-order valence-electron chi connectivity index (χ2n) is 0. The minimum atomic E-state index is 0. The molecule has 0 aromatic rings. The van der Waals surface area contributed by atoms with Gasteiger partial charge in [0.15, 0.2) is 0 Å². The summed E-state index contributed by atoms with van der Waals surface area (Å²) in [5.41, 5.74) is 0. The minimum Gasteiger partial charge on any atom is -0.153 e. The van der Waals surface area contributed by atoms with E-state index in [1.807, 2.05) is 0 Å². The molecule has 0 fully saturated rings. The van der Waals surface area contributed by atoms with E-state index >= 15 is 0 Å². The highest BCUT2D eigenvalue weighted by atomic mass is 31.0. The minimum absolute atomic E-state index is 0. The molecule has 0 N–H and O–H groups in total. The standard InChI is InChI=1S/6CH4.H3P.H2/h6*1H4;1H3;1H/i;;;;;;;1+2. The van der Waals surface area contributed by atoms with Gasteiger partial charge in [-0.1, -0.05) is 44.6 Å². The van der Waals surface area contributed by atoms with Gasteiger partial charge in [-0.15, -0.1) is 0 Å². The highest BCUT2D eigenvalue weighted by Gasteiger charge is -0.0725. The first-order chi connectivity index (χ1) is 0. The summed E-state index contributed by atoms with van der Waals surface area (Å²) in [5, 5.41) is 0. The van der Waals surface area contributed by atoms with Crippen LogP contribution in [0.25, 0.3) is 0 Å². The predicted octanol–water partition coefficient (Wildman–Crippen LogP) is 4.12. The average Bonchev–Trinajstić information content (AvgIpc) is 0. The van der Waals surface area contributed by atoms with E-state index in [9.17, 15) is 0 Å². The average molecular weight is 134 g/mol. The Morgan fingerprint density at radius 1 is 0.429 bits per heavy atom. The molecule has 0 nitrogen and oxygen atoms in total. The molecule has 0 rings (SSSR count). The molecule has 0 saturated heterocycles. The lowest BCUT2D eigenvalue weighted by molar-refractivity contribution is 2.50. The maximum absolute atomic E-state index is 0. The number of hydrogen-bond acceptors (Lipinski definition) is 0. The van der Waals surface area contributed by atoms with E-state index in [4.69, 9.17) is 0 Å². The van der Waals surface area contributed by atoms with Crippen molar-refractivity contribution in [2.24, 2.45) is 0 Å². The second kappa shape index (κ2) is 1030. The Morgan fingerprint density at radius 2 is 0.429 bits per heavy atom. The Kier molecular flexibility index (Phi) is 243000. The van der Waals surface area contributed by atoms with Crippen LogP contribution in [0.3, 0.4) is 0 Å². The summed E-state index contributed by atoms with van der Waals surface area (Å²) in [7, 11) is 0. The van der Waals surface area contributed by atoms with Crippen molar-refractivity contribution >= 4 is 9.90 Å². The quantitative estimate of drug-likeness (QED) is 0.437. The van der Waals surface area contributed by atoms with Gasteiger partial charge in [-0.3, -0.25) is 0 Å². The van der Waals surface area contributed by atoms with Gasteiger partial charge in [0.25, 0.3) is 0 Å². The molecule has 0 aliphatic heterocycles. The van der Waals surface area contributed by atoms with Gasteiger partial charge in [0, 0.05) is 1.43 Å². The molecule has 0 amide bonds. The van der Waals surface area contributed by atoms with Crippen molar-refractivity contribution < 1.29 is 1.43 Å². The van der Waals surface area contributed by atoms with Crippen LogP contribution in [0.2, 0.25) is 0 Å². The van der Waals surface area contributed by atoms with E-state index in [0.29, 0.717) is 0 Å². The summed E-state index contributed by atoms with van der Waals surface area (Å²) in [5.74, 6) is 0. The lowest BCUT2D eigenvalue weighted by Crippen LogP contribution is 0.143. The third kappa shape index (κ3) is 682. The molecule has 0 heterocycles. The molecule has 1 atom stereocenters. The van der Waals surface area contributed by atoms with Crippen LogP contribution in [0.15, 0.2) is 0 Å². The van der Waals surface area contributed by atoms with Crippen LogP contribution < -0.4 is 0 Å². The third-order valence-electron chi connectivity index (χ3n) is 0. The Bertz CT molecular complexity index is 8.49. The number of hydrogen-bond donors (Lipinski definition) is 0. The van der Waals surface area contributed by atoms with Crippen LogP contribution in [0, 0.1) is 0 Å². The lowest BCUT2D eigenvalue weighted by Gasteiger charge is -0.153. The fourth-order valence-corrected chi connectivity index (χ4v) is 0. The smallest absolute Gasteiger partial charge is 0 e. The first-order valence-corrected chi connectivity index (χ1v) is 0. The molecule has 0 aromatic heterocycles. The normalized spacial score (nSPS) is 0.